The minimum Gasteiger partial charge on any atom is -0.490 e. The fourth-order valence-corrected chi connectivity index (χ4v) is 2.59. The number of amides is 2. The Hall–Kier alpha value is -2.48. The molecule has 2 amide bonds. The first-order chi connectivity index (χ1) is 12.0. The first-order valence-corrected chi connectivity index (χ1v) is 8.65. The van der Waals surface area contributed by atoms with Crippen LogP contribution < -0.4 is 20.3 Å². The summed E-state index contributed by atoms with van der Waals surface area (Å²) in [4.78, 5) is 26.6. The summed E-state index contributed by atoms with van der Waals surface area (Å²) in [5.41, 5.74) is 5.82. The van der Waals surface area contributed by atoms with Crippen molar-refractivity contribution in [2.75, 3.05) is 13.2 Å². The number of carbonyl (C=O) groups is 2. The maximum atomic E-state index is 12.1. The van der Waals surface area contributed by atoms with Crippen LogP contribution in [0.1, 0.15) is 29.9 Å². The number of aromatic amines is 1. The zero-order valence-electron chi connectivity index (χ0n) is 14.0. The number of aromatic nitrogens is 1. The smallest absolute Gasteiger partial charge is 0.286 e. The summed E-state index contributed by atoms with van der Waals surface area (Å²) in [7, 11) is 0. The first kappa shape index (κ1) is 18.9. The van der Waals surface area contributed by atoms with Crippen molar-refractivity contribution in [1.82, 2.24) is 15.8 Å². The number of nitrogens with one attached hydrogen (secondary N) is 3. The Labute approximate surface area is 154 Å². The van der Waals surface area contributed by atoms with Crippen LogP contribution in [0, 0.1) is 0 Å². The van der Waals surface area contributed by atoms with E-state index in [1.54, 1.807) is 30.5 Å². The van der Waals surface area contributed by atoms with Gasteiger partial charge in [-0.15, -0.1) is 0 Å². The highest BCUT2D eigenvalue weighted by atomic mass is 79.9. The number of carbonyl (C=O) groups excluding carboxylic acids is 2. The van der Waals surface area contributed by atoms with Crippen LogP contribution in [-0.4, -0.2) is 30.0 Å². The molecule has 7 nitrogen and oxygen atoms in total. The van der Waals surface area contributed by atoms with Crippen LogP contribution in [0.4, 0.5) is 0 Å². The average Bonchev–Trinajstić information content (AvgIpc) is 3.12. The molecule has 134 valence electrons. The molecule has 0 bridgehead atoms. The van der Waals surface area contributed by atoms with E-state index in [1.165, 1.54) is 0 Å². The highest BCUT2D eigenvalue weighted by Crippen LogP contribution is 2.34. The summed E-state index contributed by atoms with van der Waals surface area (Å²) in [5.74, 6) is 0.414. The number of ether oxygens (including phenoxy) is 2. The summed E-state index contributed by atoms with van der Waals surface area (Å²) >= 11 is 3.43. The molecule has 2 rings (SSSR count). The fraction of sp³-hybridized carbons (Fsp3) is 0.294. The fourth-order valence-electron chi connectivity index (χ4n) is 2.13. The molecule has 0 spiro atoms. The van der Waals surface area contributed by atoms with E-state index in [1.807, 2.05) is 13.8 Å². The Morgan fingerprint density at radius 2 is 1.80 bits per heavy atom. The zero-order valence-corrected chi connectivity index (χ0v) is 15.6. The van der Waals surface area contributed by atoms with Gasteiger partial charge in [-0.1, -0.05) is 15.9 Å². The number of hydrogen-bond donors (Lipinski definition) is 3. The van der Waals surface area contributed by atoms with Gasteiger partial charge in [0.15, 0.2) is 11.5 Å². The highest BCUT2D eigenvalue weighted by molar-refractivity contribution is 9.10. The Bertz CT molecular complexity index is 732. The number of benzene rings is 1. The average molecular weight is 410 g/mol. The molecule has 25 heavy (non-hydrogen) atoms. The molecule has 0 unspecified atom stereocenters. The molecule has 0 radical (unpaired) electrons. The van der Waals surface area contributed by atoms with Gasteiger partial charge in [0.2, 0.25) is 5.91 Å². The van der Waals surface area contributed by atoms with Crippen molar-refractivity contribution in [3.05, 3.63) is 46.2 Å². The van der Waals surface area contributed by atoms with Gasteiger partial charge in [-0.25, -0.2) is 0 Å². The second kappa shape index (κ2) is 9.12. The van der Waals surface area contributed by atoms with Crippen LogP contribution in [0.25, 0.3) is 0 Å². The van der Waals surface area contributed by atoms with Crippen LogP contribution in [-0.2, 0) is 11.2 Å². The molecule has 2 aromatic rings. The van der Waals surface area contributed by atoms with E-state index in [9.17, 15) is 9.59 Å². The summed E-state index contributed by atoms with van der Waals surface area (Å²) in [5, 5.41) is 0. The lowest BCUT2D eigenvalue weighted by Gasteiger charge is -2.14. The quantitative estimate of drug-likeness (QED) is 0.612. The predicted octanol–water partition coefficient (Wildman–Crippen LogP) is 2.58. The highest BCUT2D eigenvalue weighted by Gasteiger charge is 2.14. The van der Waals surface area contributed by atoms with Gasteiger partial charge < -0.3 is 14.5 Å². The SMILES string of the molecule is CCOc1cc(Br)c(CC(=O)NNC(=O)c2ccc[nH]2)cc1OCC. The number of rotatable bonds is 7. The van der Waals surface area contributed by atoms with Crippen LogP contribution in [0.3, 0.4) is 0 Å². The van der Waals surface area contributed by atoms with Gasteiger partial charge in [-0.2, -0.15) is 0 Å². The maximum absolute atomic E-state index is 12.1. The molecule has 8 heteroatoms. The van der Waals surface area contributed by atoms with E-state index in [4.69, 9.17) is 9.47 Å². The van der Waals surface area contributed by atoms with Crippen molar-refractivity contribution >= 4 is 27.7 Å². The van der Waals surface area contributed by atoms with Crippen LogP contribution in [0.15, 0.2) is 34.9 Å². The third-order valence-electron chi connectivity index (χ3n) is 3.22. The molecule has 1 aromatic carbocycles. The lowest BCUT2D eigenvalue weighted by atomic mass is 10.1. The first-order valence-electron chi connectivity index (χ1n) is 7.85. The van der Waals surface area contributed by atoms with Gasteiger partial charge in [0.1, 0.15) is 5.69 Å². The monoisotopic (exact) mass is 409 g/mol. The molecular weight excluding hydrogens is 390 g/mol. The van der Waals surface area contributed by atoms with E-state index >= 15 is 0 Å². The molecular formula is C17H20BrN3O4. The Kier molecular flexibility index (Phi) is 6.88. The second-order valence-electron chi connectivity index (χ2n) is 5.02. The Morgan fingerprint density at radius 3 is 2.40 bits per heavy atom. The number of H-pyrrole nitrogens is 1. The molecule has 1 heterocycles. The third kappa shape index (κ3) is 5.25. The van der Waals surface area contributed by atoms with E-state index < -0.39 is 5.91 Å². The van der Waals surface area contributed by atoms with Crippen LogP contribution >= 0.6 is 15.9 Å². The molecule has 0 aliphatic heterocycles. The van der Waals surface area contributed by atoms with Gasteiger partial charge in [0.05, 0.1) is 19.6 Å². The second-order valence-corrected chi connectivity index (χ2v) is 5.87. The normalized spacial score (nSPS) is 10.2. The molecule has 0 fully saturated rings. The molecule has 3 N–H and O–H groups in total. The van der Waals surface area contributed by atoms with Crippen molar-refractivity contribution < 1.29 is 19.1 Å². The minimum atomic E-state index is -0.417. The van der Waals surface area contributed by atoms with Gasteiger partial charge >= 0.3 is 0 Å². The summed E-state index contributed by atoms with van der Waals surface area (Å²) in [6.45, 7) is 4.76. The van der Waals surface area contributed by atoms with Gasteiger partial charge in [0.25, 0.3) is 5.91 Å². The van der Waals surface area contributed by atoms with Gasteiger partial charge in [-0.3, -0.25) is 20.4 Å². The van der Waals surface area contributed by atoms with Crippen molar-refractivity contribution in [3.8, 4) is 11.5 Å². The van der Waals surface area contributed by atoms with Gasteiger partial charge in [-0.05, 0) is 43.7 Å². The molecule has 0 saturated heterocycles. The van der Waals surface area contributed by atoms with E-state index in [2.05, 4.69) is 31.8 Å². The number of halogens is 1. The predicted molar refractivity (Wildman–Crippen MR) is 96.6 cm³/mol. The van der Waals surface area contributed by atoms with E-state index in [0.717, 1.165) is 10.0 Å². The topological polar surface area (TPSA) is 92.5 Å². The number of hydrazine groups is 1. The summed E-state index contributed by atoms with van der Waals surface area (Å²) in [6, 6.07) is 6.83. The molecule has 1 aromatic heterocycles. The number of hydrogen-bond acceptors (Lipinski definition) is 4. The van der Waals surface area contributed by atoms with E-state index in [-0.39, 0.29) is 12.3 Å². The molecule has 0 aliphatic rings. The van der Waals surface area contributed by atoms with Gasteiger partial charge in [0, 0.05) is 10.7 Å². The maximum Gasteiger partial charge on any atom is 0.286 e. The van der Waals surface area contributed by atoms with Crippen molar-refractivity contribution in [1.29, 1.82) is 0 Å². The standard InChI is InChI=1S/C17H20BrN3O4/c1-3-24-14-8-11(12(18)10-15(14)25-4-2)9-16(22)20-21-17(23)13-6-5-7-19-13/h5-8,10,19H,3-4,9H2,1-2H3,(H,20,22)(H,21,23). The van der Waals surface area contributed by atoms with Crippen molar-refractivity contribution in [2.45, 2.75) is 20.3 Å². The third-order valence-corrected chi connectivity index (χ3v) is 3.96. The van der Waals surface area contributed by atoms with Crippen molar-refractivity contribution in [2.24, 2.45) is 0 Å². The van der Waals surface area contributed by atoms with Crippen LogP contribution in [0.2, 0.25) is 0 Å². The van der Waals surface area contributed by atoms with E-state index in [0.29, 0.717) is 30.4 Å². The largest absolute Gasteiger partial charge is 0.490 e. The summed E-state index contributed by atoms with van der Waals surface area (Å²) < 4.78 is 11.8. The van der Waals surface area contributed by atoms with Crippen LogP contribution in [0.5, 0.6) is 11.5 Å². The summed E-state index contributed by atoms with van der Waals surface area (Å²) in [6.07, 6.45) is 1.70. The molecule has 0 saturated carbocycles. The zero-order chi connectivity index (χ0) is 18.2. The minimum absolute atomic E-state index is 0.0675. The molecule has 0 aliphatic carbocycles. The van der Waals surface area contributed by atoms with Crippen molar-refractivity contribution in [3.63, 3.8) is 0 Å². The Morgan fingerprint density at radius 1 is 1.12 bits per heavy atom. The lowest BCUT2D eigenvalue weighted by molar-refractivity contribution is -0.121. The molecule has 0 atom stereocenters. The lowest BCUT2D eigenvalue weighted by Crippen LogP contribution is -2.42. The Balaban J connectivity index is 2.01.